The van der Waals surface area contributed by atoms with Gasteiger partial charge >= 0.3 is 5.97 Å². The molecule has 4 heteroatoms. The fourth-order valence-corrected chi connectivity index (χ4v) is 1.77. The maximum Gasteiger partial charge on any atom is 0.305 e. The minimum atomic E-state index is -0.167. The van der Waals surface area contributed by atoms with Crippen LogP contribution in [0.5, 0.6) is 5.75 Å². The lowest BCUT2D eigenvalue weighted by Gasteiger charge is -2.14. The van der Waals surface area contributed by atoms with Gasteiger partial charge in [-0.2, -0.15) is 0 Å². The number of nitrogens with one attached hydrogen (secondary N) is 1. The summed E-state index contributed by atoms with van der Waals surface area (Å²) in [7, 11) is 3.08. The molecule has 0 amide bonds. The molecule has 0 aliphatic heterocycles. The summed E-state index contributed by atoms with van der Waals surface area (Å²) >= 11 is 0. The lowest BCUT2D eigenvalue weighted by Crippen LogP contribution is -2.08. The van der Waals surface area contributed by atoms with Gasteiger partial charge in [-0.1, -0.05) is 0 Å². The molecule has 0 aliphatic carbocycles. The second-order valence-corrected chi connectivity index (χ2v) is 4.17. The van der Waals surface area contributed by atoms with Crippen molar-refractivity contribution in [3.8, 4) is 5.75 Å². The largest absolute Gasteiger partial charge is 0.496 e. The van der Waals surface area contributed by atoms with Crippen LogP contribution in [0.25, 0.3) is 0 Å². The molecule has 0 unspecified atom stereocenters. The fraction of sp³-hybridized carbons (Fsp3) is 0.500. The molecular weight excluding hydrogens is 230 g/mol. The van der Waals surface area contributed by atoms with E-state index in [-0.39, 0.29) is 5.97 Å². The van der Waals surface area contributed by atoms with Gasteiger partial charge in [-0.25, -0.2) is 0 Å². The lowest BCUT2D eigenvalue weighted by atomic mass is 10.1. The monoisotopic (exact) mass is 251 g/mol. The Hall–Kier alpha value is -1.71. The molecule has 1 rings (SSSR count). The first-order valence-corrected chi connectivity index (χ1v) is 6.05. The van der Waals surface area contributed by atoms with Gasteiger partial charge in [0.25, 0.3) is 0 Å². The van der Waals surface area contributed by atoms with Crippen molar-refractivity contribution in [2.45, 2.75) is 26.7 Å². The van der Waals surface area contributed by atoms with Crippen LogP contribution in [0.2, 0.25) is 0 Å². The molecular formula is C14H21NO3. The van der Waals surface area contributed by atoms with Crippen LogP contribution in [0.4, 0.5) is 5.69 Å². The molecule has 4 nitrogen and oxygen atoms in total. The third kappa shape index (κ3) is 3.65. The number of ether oxygens (including phenoxy) is 2. The number of anilines is 1. The molecule has 0 bridgehead atoms. The molecule has 0 atom stereocenters. The first-order valence-electron chi connectivity index (χ1n) is 6.05. The Morgan fingerprint density at radius 3 is 2.56 bits per heavy atom. The number of esters is 1. The van der Waals surface area contributed by atoms with E-state index < -0.39 is 0 Å². The van der Waals surface area contributed by atoms with Crippen molar-refractivity contribution < 1.29 is 14.3 Å². The zero-order valence-electron chi connectivity index (χ0n) is 11.5. The number of carbonyl (C=O) groups is 1. The summed E-state index contributed by atoms with van der Waals surface area (Å²) in [4.78, 5) is 11.0. The van der Waals surface area contributed by atoms with Gasteiger partial charge < -0.3 is 14.8 Å². The highest BCUT2D eigenvalue weighted by Gasteiger charge is 2.06. The second-order valence-electron chi connectivity index (χ2n) is 4.17. The van der Waals surface area contributed by atoms with E-state index in [1.54, 1.807) is 7.11 Å². The van der Waals surface area contributed by atoms with Crippen molar-refractivity contribution in [2.75, 3.05) is 26.1 Å². The van der Waals surface area contributed by atoms with E-state index in [4.69, 9.17) is 4.74 Å². The molecule has 0 heterocycles. The summed E-state index contributed by atoms with van der Waals surface area (Å²) in [6.45, 7) is 4.84. The van der Waals surface area contributed by atoms with Gasteiger partial charge in [-0.05, 0) is 43.5 Å². The Morgan fingerprint density at radius 1 is 1.22 bits per heavy atom. The van der Waals surface area contributed by atoms with Crippen molar-refractivity contribution in [3.05, 3.63) is 23.3 Å². The molecule has 18 heavy (non-hydrogen) atoms. The second kappa shape index (κ2) is 6.89. The van der Waals surface area contributed by atoms with Gasteiger partial charge in [-0.15, -0.1) is 0 Å². The number of methoxy groups -OCH3 is 2. The number of rotatable bonds is 6. The molecule has 0 saturated carbocycles. The van der Waals surface area contributed by atoms with E-state index in [1.807, 2.05) is 19.1 Å². The summed E-state index contributed by atoms with van der Waals surface area (Å²) < 4.78 is 9.86. The highest BCUT2D eigenvalue weighted by Crippen LogP contribution is 2.27. The minimum Gasteiger partial charge on any atom is -0.496 e. The van der Waals surface area contributed by atoms with E-state index in [9.17, 15) is 4.79 Å². The summed E-state index contributed by atoms with van der Waals surface area (Å²) in [6, 6.07) is 3.95. The number of benzene rings is 1. The molecule has 1 aromatic rings. The molecule has 1 N–H and O–H groups in total. The number of hydrogen-bond donors (Lipinski definition) is 1. The topological polar surface area (TPSA) is 47.6 Å². The Balaban J connectivity index is 2.53. The van der Waals surface area contributed by atoms with Gasteiger partial charge in [0.1, 0.15) is 5.75 Å². The van der Waals surface area contributed by atoms with Gasteiger partial charge in [0.05, 0.1) is 14.2 Å². The molecule has 0 aliphatic rings. The van der Waals surface area contributed by atoms with E-state index >= 15 is 0 Å². The highest BCUT2D eigenvalue weighted by atomic mass is 16.5. The molecule has 0 saturated heterocycles. The van der Waals surface area contributed by atoms with Crippen LogP contribution in [0.3, 0.4) is 0 Å². The molecule has 0 aromatic heterocycles. The van der Waals surface area contributed by atoms with Crippen LogP contribution in [0.1, 0.15) is 24.0 Å². The third-order valence-electron chi connectivity index (χ3n) is 3.06. The number of hydrogen-bond acceptors (Lipinski definition) is 4. The normalized spacial score (nSPS) is 10.0. The van der Waals surface area contributed by atoms with Gasteiger partial charge in [0, 0.05) is 18.7 Å². The predicted octanol–water partition coefficient (Wildman–Crippen LogP) is 2.68. The van der Waals surface area contributed by atoms with Crippen LogP contribution in [0, 0.1) is 13.8 Å². The third-order valence-corrected chi connectivity index (χ3v) is 3.06. The van der Waals surface area contributed by atoms with Gasteiger partial charge in [0.2, 0.25) is 0 Å². The maximum absolute atomic E-state index is 11.0. The fourth-order valence-electron chi connectivity index (χ4n) is 1.77. The molecule has 0 fully saturated rings. The zero-order chi connectivity index (χ0) is 13.5. The van der Waals surface area contributed by atoms with Crippen LogP contribution in [-0.4, -0.2) is 26.7 Å². The molecule has 100 valence electrons. The molecule has 0 spiro atoms. The van der Waals surface area contributed by atoms with Crippen LogP contribution < -0.4 is 10.1 Å². The first kappa shape index (κ1) is 14.4. The Bertz CT molecular complexity index is 416. The van der Waals surface area contributed by atoms with Crippen molar-refractivity contribution in [3.63, 3.8) is 0 Å². The van der Waals surface area contributed by atoms with Crippen LogP contribution in [0.15, 0.2) is 12.1 Å². The summed E-state index contributed by atoms with van der Waals surface area (Å²) in [6.07, 6.45) is 1.20. The SMILES string of the molecule is COC(=O)CCCNc1ccc(OC)c(C)c1C. The molecule has 1 aromatic carbocycles. The zero-order valence-corrected chi connectivity index (χ0v) is 11.5. The Labute approximate surface area is 108 Å². The van der Waals surface area contributed by atoms with Gasteiger partial charge in [-0.3, -0.25) is 4.79 Å². The highest BCUT2D eigenvalue weighted by molar-refractivity contribution is 5.69. The lowest BCUT2D eigenvalue weighted by molar-refractivity contribution is -0.140. The predicted molar refractivity (Wildman–Crippen MR) is 72.2 cm³/mol. The average Bonchev–Trinajstić information content (AvgIpc) is 2.39. The Morgan fingerprint density at radius 2 is 1.94 bits per heavy atom. The van der Waals surface area contributed by atoms with Gasteiger partial charge in [0.15, 0.2) is 0 Å². The van der Waals surface area contributed by atoms with E-state index in [2.05, 4.69) is 17.0 Å². The van der Waals surface area contributed by atoms with E-state index in [1.165, 1.54) is 12.7 Å². The average molecular weight is 251 g/mol. The summed E-state index contributed by atoms with van der Waals surface area (Å²) in [5, 5.41) is 3.32. The summed E-state index contributed by atoms with van der Waals surface area (Å²) in [5.41, 5.74) is 3.39. The quantitative estimate of drug-likeness (QED) is 0.623. The summed E-state index contributed by atoms with van der Waals surface area (Å²) in [5.74, 6) is 0.729. The van der Waals surface area contributed by atoms with Crippen molar-refractivity contribution >= 4 is 11.7 Å². The van der Waals surface area contributed by atoms with E-state index in [0.717, 1.165) is 30.0 Å². The van der Waals surface area contributed by atoms with Crippen LogP contribution >= 0.6 is 0 Å². The van der Waals surface area contributed by atoms with Crippen molar-refractivity contribution in [2.24, 2.45) is 0 Å². The van der Waals surface area contributed by atoms with Crippen molar-refractivity contribution in [1.29, 1.82) is 0 Å². The maximum atomic E-state index is 11.0. The standard InChI is InChI=1S/C14H21NO3/c1-10-11(2)13(17-3)8-7-12(10)15-9-5-6-14(16)18-4/h7-8,15H,5-6,9H2,1-4H3. The van der Waals surface area contributed by atoms with Crippen LogP contribution in [-0.2, 0) is 9.53 Å². The molecule has 0 radical (unpaired) electrons. The minimum absolute atomic E-state index is 0.167. The van der Waals surface area contributed by atoms with Crippen molar-refractivity contribution in [1.82, 2.24) is 0 Å². The first-order chi connectivity index (χ1) is 8.60. The number of carbonyl (C=O) groups excluding carboxylic acids is 1. The van der Waals surface area contributed by atoms with E-state index in [0.29, 0.717) is 6.42 Å². The smallest absolute Gasteiger partial charge is 0.305 e. The Kier molecular flexibility index (Phi) is 5.49.